The van der Waals surface area contributed by atoms with Crippen LogP contribution in [0.3, 0.4) is 0 Å². The fourth-order valence-corrected chi connectivity index (χ4v) is 4.94. The van der Waals surface area contributed by atoms with Crippen molar-refractivity contribution >= 4 is 40.3 Å². The second kappa shape index (κ2) is 10.3. The first-order chi connectivity index (χ1) is 16.0. The molecule has 0 spiro atoms. The first-order valence-corrected chi connectivity index (χ1v) is 11.8. The number of methoxy groups -OCH3 is 2. The maximum absolute atomic E-state index is 13.1. The van der Waals surface area contributed by atoms with Gasteiger partial charge in [-0.05, 0) is 55.3 Å². The summed E-state index contributed by atoms with van der Waals surface area (Å²) in [7, 11) is 3.30. The summed E-state index contributed by atoms with van der Waals surface area (Å²) >= 11 is 6.79. The molecule has 0 aliphatic carbocycles. The lowest BCUT2D eigenvalue weighted by Crippen LogP contribution is -2.29. The third-order valence-electron chi connectivity index (χ3n) is 5.34. The van der Waals surface area contributed by atoms with Gasteiger partial charge in [-0.1, -0.05) is 42.2 Å². The lowest BCUT2D eigenvalue weighted by atomic mass is 10.0. The standard InChI is InChI=1S/C25H25N3O3S2/c1-17-14-20(31-3)10-11-21(17)23-18(16-28(26-23)19-8-5-4-6-9-19)15-22-24(29)27(25(32)33-22)12-7-13-30-2/h4-6,8-11,14-16H,7,12-13H2,1-3H3. The molecule has 0 atom stereocenters. The van der Waals surface area contributed by atoms with Crippen LogP contribution in [-0.2, 0) is 9.53 Å². The predicted molar refractivity (Wildman–Crippen MR) is 137 cm³/mol. The quantitative estimate of drug-likeness (QED) is 0.255. The van der Waals surface area contributed by atoms with Gasteiger partial charge in [0.2, 0.25) is 0 Å². The number of nitrogens with zero attached hydrogens (tertiary/aromatic N) is 3. The Kier molecular flexibility index (Phi) is 7.27. The number of aryl methyl sites for hydroxylation is 1. The van der Waals surface area contributed by atoms with E-state index in [0.29, 0.717) is 22.4 Å². The highest BCUT2D eigenvalue weighted by Crippen LogP contribution is 2.36. The van der Waals surface area contributed by atoms with E-state index in [0.717, 1.165) is 40.2 Å². The number of amides is 1. The molecule has 3 aromatic rings. The monoisotopic (exact) mass is 479 g/mol. The Morgan fingerprint density at radius 1 is 1.15 bits per heavy atom. The Hall–Kier alpha value is -2.94. The Balaban J connectivity index is 1.75. The van der Waals surface area contributed by atoms with Crippen LogP contribution in [0.25, 0.3) is 23.0 Å². The molecule has 1 fully saturated rings. The van der Waals surface area contributed by atoms with Gasteiger partial charge in [0.1, 0.15) is 15.8 Å². The molecule has 33 heavy (non-hydrogen) atoms. The number of thiocarbonyl (C=S) groups is 1. The fraction of sp³-hybridized carbons (Fsp3) is 0.240. The number of thioether (sulfide) groups is 1. The summed E-state index contributed by atoms with van der Waals surface area (Å²) in [5.41, 5.74) is 4.60. The fourth-order valence-electron chi connectivity index (χ4n) is 3.65. The Morgan fingerprint density at radius 3 is 2.64 bits per heavy atom. The highest BCUT2D eigenvalue weighted by molar-refractivity contribution is 8.26. The van der Waals surface area contributed by atoms with E-state index in [9.17, 15) is 4.79 Å². The van der Waals surface area contributed by atoms with E-state index >= 15 is 0 Å². The zero-order valence-electron chi connectivity index (χ0n) is 18.8. The van der Waals surface area contributed by atoms with Crippen LogP contribution in [-0.4, -0.2) is 52.3 Å². The molecule has 0 N–H and O–H groups in total. The molecular weight excluding hydrogens is 454 g/mol. The number of benzene rings is 2. The molecule has 0 bridgehead atoms. The molecule has 1 amide bonds. The van der Waals surface area contributed by atoms with Crippen LogP contribution < -0.4 is 4.74 Å². The summed E-state index contributed by atoms with van der Waals surface area (Å²) in [6, 6.07) is 15.8. The number of hydrogen-bond acceptors (Lipinski definition) is 6. The van der Waals surface area contributed by atoms with E-state index in [4.69, 9.17) is 26.8 Å². The van der Waals surface area contributed by atoms with Crippen LogP contribution in [0.5, 0.6) is 5.75 Å². The van der Waals surface area contributed by atoms with Crippen molar-refractivity contribution in [3.8, 4) is 22.7 Å². The van der Waals surface area contributed by atoms with Crippen LogP contribution in [0.4, 0.5) is 0 Å². The van der Waals surface area contributed by atoms with E-state index < -0.39 is 0 Å². The minimum absolute atomic E-state index is 0.0778. The highest BCUT2D eigenvalue weighted by atomic mass is 32.2. The summed E-state index contributed by atoms with van der Waals surface area (Å²) in [4.78, 5) is 15.3. The van der Waals surface area contributed by atoms with E-state index in [1.807, 2.05) is 72.4 Å². The van der Waals surface area contributed by atoms with Crippen molar-refractivity contribution in [1.82, 2.24) is 14.7 Å². The smallest absolute Gasteiger partial charge is 0.266 e. The number of carbonyl (C=O) groups excluding carboxylic acids is 1. The second-order valence-electron chi connectivity index (χ2n) is 7.57. The molecule has 8 heteroatoms. The van der Waals surface area contributed by atoms with Gasteiger partial charge >= 0.3 is 0 Å². The van der Waals surface area contributed by atoms with Crippen LogP contribution in [0, 0.1) is 6.92 Å². The van der Waals surface area contributed by atoms with Gasteiger partial charge in [0.25, 0.3) is 5.91 Å². The normalized spacial score (nSPS) is 15.0. The van der Waals surface area contributed by atoms with E-state index in [-0.39, 0.29) is 5.91 Å². The first-order valence-electron chi connectivity index (χ1n) is 10.6. The van der Waals surface area contributed by atoms with E-state index in [2.05, 4.69) is 0 Å². The van der Waals surface area contributed by atoms with Gasteiger partial charge in [-0.2, -0.15) is 5.10 Å². The van der Waals surface area contributed by atoms with Gasteiger partial charge in [-0.25, -0.2) is 4.68 Å². The molecule has 0 radical (unpaired) electrons. The summed E-state index contributed by atoms with van der Waals surface area (Å²) < 4.78 is 12.9. The summed E-state index contributed by atoms with van der Waals surface area (Å²) in [6.07, 6.45) is 4.57. The van der Waals surface area contributed by atoms with Crippen molar-refractivity contribution in [2.45, 2.75) is 13.3 Å². The average Bonchev–Trinajstić information content (AvgIpc) is 3.36. The number of hydrogen-bond donors (Lipinski definition) is 0. The molecule has 2 heterocycles. The molecule has 1 aliphatic heterocycles. The molecule has 6 nitrogen and oxygen atoms in total. The minimum Gasteiger partial charge on any atom is -0.497 e. The third kappa shape index (κ3) is 5.03. The Morgan fingerprint density at radius 2 is 1.94 bits per heavy atom. The Labute approximate surface area is 203 Å². The van der Waals surface area contributed by atoms with Crippen molar-refractivity contribution in [2.24, 2.45) is 0 Å². The summed E-state index contributed by atoms with van der Waals surface area (Å²) in [5.74, 6) is 0.711. The molecule has 1 saturated heterocycles. The molecular formula is C25H25N3O3S2. The van der Waals surface area contributed by atoms with Crippen molar-refractivity contribution in [2.75, 3.05) is 27.4 Å². The van der Waals surface area contributed by atoms with Gasteiger partial charge in [-0.15, -0.1) is 0 Å². The topological polar surface area (TPSA) is 56.6 Å². The SMILES string of the molecule is COCCCN1C(=O)C(=Cc2cn(-c3ccccc3)nc2-c2ccc(OC)cc2C)SC1=S. The molecule has 170 valence electrons. The molecule has 0 unspecified atom stereocenters. The van der Waals surface area contributed by atoms with Gasteiger partial charge in [0.15, 0.2) is 0 Å². The van der Waals surface area contributed by atoms with Gasteiger partial charge in [-0.3, -0.25) is 9.69 Å². The molecule has 0 saturated carbocycles. The van der Waals surface area contributed by atoms with Crippen molar-refractivity contribution < 1.29 is 14.3 Å². The Bertz CT molecular complexity index is 1200. The van der Waals surface area contributed by atoms with Crippen molar-refractivity contribution in [1.29, 1.82) is 0 Å². The van der Waals surface area contributed by atoms with Crippen molar-refractivity contribution in [3.05, 3.63) is 70.8 Å². The highest BCUT2D eigenvalue weighted by Gasteiger charge is 2.32. The van der Waals surface area contributed by atoms with E-state index in [1.54, 1.807) is 19.1 Å². The summed E-state index contributed by atoms with van der Waals surface area (Å²) in [6.45, 7) is 3.16. The van der Waals surface area contributed by atoms with Crippen LogP contribution >= 0.6 is 24.0 Å². The van der Waals surface area contributed by atoms with Crippen LogP contribution in [0.1, 0.15) is 17.5 Å². The van der Waals surface area contributed by atoms with Gasteiger partial charge < -0.3 is 9.47 Å². The predicted octanol–water partition coefficient (Wildman–Crippen LogP) is 5.09. The number of ether oxygens (including phenoxy) is 2. The van der Waals surface area contributed by atoms with Crippen LogP contribution in [0.15, 0.2) is 59.6 Å². The van der Waals surface area contributed by atoms with Gasteiger partial charge in [0.05, 0.1) is 17.7 Å². The lowest BCUT2D eigenvalue weighted by Gasteiger charge is -2.13. The maximum atomic E-state index is 13.1. The zero-order chi connectivity index (χ0) is 23.4. The lowest BCUT2D eigenvalue weighted by molar-refractivity contribution is -0.122. The third-order valence-corrected chi connectivity index (χ3v) is 6.72. The van der Waals surface area contributed by atoms with Crippen molar-refractivity contribution in [3.63, 3.8) is 0 Å². The maximum Gasteiger partial charge on any atom is 0.266 e. The largest absolute Gasteiger partial charge is 0.497 e. The van der Waals surface area contributed by atoms with E-state index in [1.165, 1.54) is 11.8 Å². The molecule has 1 aliphatic rings. The molecule has 2 aromatic carbocycles. The number of aromatic nitrogens is 2. The van der Waals surface area contributed by atoms with Crippen LogP contribution in [0.2, 0.25) is 0 Å². The number of carbonyl (C=O) groups is 1. The number of rotatable bonds is 8. The number of para-hydroxylation sites is 1. The zero-order valence-corrected chi connectivity index (χ0v) is 20.4. The summed E-state index contributed by atoms with van der Waals surface area (Å²) in [5, 5.41) is 4.88. The second-order valence-corrected chi connectivity index (χ2v) is 9.25. The molecule has 4 rings (SSSR count). The van der Waals surface area contributed by atoms with Gasteiger partial charge in [0, 0.05) is 37.6 Å². The minimum atomic E-state index is -0.0778. The average molecular weight is 480 g/mol. The molecule has 1 aromatic heterocycles. The first kappa shape index (κ1) is 23.2.